The largest absolute Gasteiger partial charge is 0.481 e. The number of aliphatic carboxylic acids is 3. The number of ether oxygens (including phenoxy) is 3. The van der Waals surface area contributed by atoms with Crippen LogP contribution in [0, 0.1) is 0 Å². The molecule has 11 N–H and O–H groups in total. The Morgan fingerprint density at radius 1 is 0.486 bits per heavy atom. The number of carbonyl (C=O) groups is 10. The number of fused-ring (bicyclic) bond motifs is 1. The molecule has 7 amide bonds. The molecule has 0 saturated carbocycles. The molecule has 3 aromatic rings. The zero-order valence-electron chi connectivity index (χ0n) is 41.2. The highest BCUT2D eigenvalue weighted by Crippen LogP contribution is 2.17. The van der Waals surface area contributed by atoms with Crippen LogP contribution < -0.4 is 37.2 Å². The lowest BCUT2D eigenvalue weighted by Gasteiger charge is -2.20. The summed E-state index contributed by atoms with van der Waals surface area (Å²) in [5, 5.41) is 56.8. The number of nitrogens with one attached hydrogen (secondary N) is 7. The van der Waals surface area contributed by atoms with Crippen LogP contribution in [-0.4, -0.2) is 163 Å². The van der Waals surface area contributed by atoms with Crippen molar-refractivity contribution in [1.29, 1.82) is 0 Å². The third-order valence-corrected chi connectivity index (χ3v) is 11.0. The van der Waals surface area contributed by atoms with Crippen molar-refractivity contribution in [1.82, 2.24) is 37.2 Å². The molecule has 0 radical (unpaired) electrons. The van der Waals surface area contributed by atoms with Crippen LogP contribution in [0.15, 0.2) is 66.7 Å². The van der Waals surface area contributed by atoms with E-state index in [2.05, 4.69) is 37.2 Å². The van der Waals surface area contributed by atoms with Crippen molar-refractivity contribution in [3.8, 4) is 0 Å². The predicted molar refractivity (Wildman–Crippen MR) is 265 cm³/mol. The molecule has 0 fully saturated rings. The second kappa shape index (κ2) is 33.9. The topological polar surface area (TPSA) is 364 Å². The monoisotopic (exact) mass is 1040 g/mol. The van der Waals surface area contributed by atoms with Gasteiger partial charge >= 0.3 is 29.9 Å². The van der Waals surface area contributed by atoms with E-state index in [9.17, 15) is 63.3 Å². The second-order valence-electron chi connectivity index (χ2n) is 16.9. The van der Waals surface area contributed by atoms with E-state index < -0.39 is 90.5 Å². The molecule has 404 valence electrons. The van der Waals surface area contributed by atoms with Gasteiger partial charge in [0, 0.05) is 58.7 Å². The molecule has 0 bridgehead atoms. The molecule has 0 aromatic heterocycles. The number of carbonyl (C=O) groups excluding carboxylic acids is 6. The van der Waals surface area contributed by atoms with Crippen LogP contribution in [0.5, 0.6) is 0 Å². The van der Waals surface area contributed by atoms with Gasteiger partial charge in [-0.15, -0.1) is 0 Å². The Morgan fingerprint density at radius 3 is 1.59 bits per heavy atom. The van der Waals surface area contributed by atoms with Crippen molar-refractivity contribution in [2.75, 3.05) is 59.3 Å². The molecule has 74 heavy (non-hydrogen) atoms. The van der Waals surface area contributed by atoms with Gasteiger partial charge in [0.05, 0.1) is 45.2 Å². The minimum Gasteiger partial charge on any atom is -0.481 e. The summed E-state index contributed by atoms with van der Waals surface area (Å²) in [5.41, 5.74) is 1.36. The van der Waals surface area contributed by atoms with Gasteiger partial charge in [0.15, 0.2) is 0 Å². The lowest BCUT2D eigenvalue weighted by Crippen LogP contribution is -2.51. The lowest BCUT2D eigenvalue weighted by atomic mass is 10.0. The van der Waals surface area contributed by atoms with Gasteiger partial charge in [-0.2, -0.15) is 0 Å². The first kappa shape index (κ1) is 60.6. The van der Waals surface area contributed by atoms with Crippen LogP contribution >= 0.6 is 0 Å². The van der Waals surface area contributed by atoms with E-state index in [-0.39, 0.29) is 95.7 Å². The minimum absolute atomic E-state index is 0.0142. The van der Waals surface area contributed by atoms with E-state index in [0.29, 0.717) is 31.9 Å². The molecule has 0 spiro atoms. The fourth-order valence-electron chi connectivity index (χ4n) is 7.11. The minimum atomic E-state index is -1.56. The molecular formula is C50H67N7O17. The smallest absolute Gasteiger partial charge is 0.335 e. The van der Waals surface area contributed by atoms with Crippen LogP contribution in [0.2, 0.25) is 0 Å². The number of aromatic carboxylic acids is 1. The van der Waals surface area contributed by atoms with Crippen molar-refractivity contribution < 1.29 is 82.6 Å². The Balaban J connectivity index is 1.53. The van der Waals surface area contributed by atoms with Gasteiger partial charge in [-0.3, -0.25) is 28.8 Å². The molecule has 4 atom stereocenters. The van der Waals surface area contributed by atoms with Gasteiger partial charge in [-0.1, -0.05) is 54.6 Å². The zero-order valence-corrected chi connectivity index (χ0v) is 41.2. The maximum absolute atomic E-state index is 13.6. The first-order valence-electron chi connectivity index (χ1n) is 24.1. The van der Waals surface area contributed by atoms with Crippen molar-refractivity contribution in [2.45, 2.75) is 95.3 Å². The van der Waals surface area contributed by atoms with E-state index in [1.165, 1.54) is 31.2 Å². The summed E-state index contributed by atoms with van der Waals surface area (Å²) in [6, 6.07) is 12.8. The number of benzene rings is 3. The Labute approximate surface area is 427 Å². The van der Waals surface area contributed by atoms with E-state index >= 15 is 0 Å². The predicted octanol–water partition coefficient (Wildman–Crippen LogP) is 1.12. The van der Waals surface area contributed by atoms with Crippen molar-refractivity contribution >= 4 is 70.2 Å². The third-order valence-electron chi connectivity index (χ3n) is 11.0. The van der Waals surface area contributed by atoms with E-state index in [1.807, 2.05) is 42.5 Å². The van der Waals surface area contributed by atoms with Crippen molar-refractivity contribution in [3.05, 3.63) is 83.4 Å². The summed E-state index contributed by atoms with van der Waals surface area (Å²) in [6.07, 6.45) is -0.522. The Hall–Kier alpha value is -7.70. The van der Waals surface area contributed by atoms with Crippen molar-refractivity contribution in [3.63, 3.8) is 0 Å². The normalized spacial score (nSPS) is 12.5. The molecule has 3 rings (SSSR count). The highest BCUT2D eigenvalue weighted by Gasteiger charge is 2.26. The summed E-state index contributed by atoms with van der Waals surface area (Å²) in [6.45, 7) is 3.34. The van der Waals surface area contributed by atoms with E-state index in [4.69, 9.17) is 19.3 Å². The quantitative estimate of drug-likeness (QED) is 0.0361. The van der Waals surface area contributed by atoms with E-state index in [0.717, 1.165) is 16.3 Å². The fraction of sp³-hybridized carbons (Fsp3) is 0.480. The molecule has 24 heteroatoms. The molecule has 3 aromatic carbocycles. The standard InChI is InChI=1S/C50H67N7O17/c1-32(58)51-22-24-73-26-28-74-27-25-72-23-19-43(60)55-40(30-33-11-15-36(16-12-33)47(65)66)45(63)53-21-6-10-42(59)54-41(31-34-13-14-35-7-2-3-8-37(35)29-34)46(64)52-20-5-4-9-38(48(67)68)56-50(71)57-39(49(69)70)17-18-44(61)62/h2-3,7-8,11-16,29,38-41H,4-6,9-10,17-28,30-31H2,1H3,(H,51,58)(H,52,64)(H,53,63)(H,54,59)(H,55,60)(H,61,62)(H,65,66)(H,67,68)(H,69,70)(H2,56,57,71)/t38-,39-,40-,41-/m0/s1. The molecule has 0 heterocycles. The van der Waals surface area contributed by atoms with Gasteiger partial charge in [-0.25, -0.2) is 19.2 Å². The lowest BCUT2D eigenvalue weighted by molar-refractivity contribution is -0.141. The fourth-order valence-corrected chi connectivity index (χ4v) is 7.11. The van der Waals surface area contributed by atoms with Gasteiger partial charge < -0.3 is 71.9 Å². The van der Waals surface area contributed by atoms with Gasteiger partial charge in [0.25, 0.3) is 0 Å². The number of carboxylic acids is 4. The average molecular weight is 1040 g/mol. The van der Waals surface area contributed by atoms with Gasteiger partial charge in [0.2, 0.25) is 29.5 Å². The first-order chi connectivity index (χ1) is 35.4. The number of hydrogen-bond acceptors (Lipinski definition) is 13. The van der Waals surface area contributed by atoms with Crippen molar-refractivity contribution in [2.24, 2.45) is 0 Å². The third kappa shape index (κ3) is 25.1. The van der Waals surface area contributed by atoms with Crippen LogP contribution in [-0.2, 0) is 65.4 Å². The summed E-state index contributed by atoms with van der Waals surface area (Å²) in [5.74, 6) is -7.51. The van der Waals surface area contributed by atoms with Crippen LogP contribution in [0.1, 0.15) is 79.8 Å². The molecule has 0 aliphatic heterocycles. The summed E-state index contributed by atoms with van der Waals surface area (Å²) < 4.78 is 16.3. The number of urea groups is 1. The number of carboxylic acid groups (broad SMARTS) is 4. The summed E-state index contributed by atoms with van der Waals surface area (Å²) >= 11 is 0. The molecule has 24 nitrogen and oxygen atoms in total. The van der Waals surface area contributed by atoms with Crippen LogP contribution in [0.25, 0.3) is 10.8 Å². The summed E-state index contributed by atoms with van der Waals surface area (Å²) in [7, 11) is 0. The average Bonchev–Trinajstić information content (AvgIpc) is 3.35. The number of hydrogen-bond donors (Lipinski definition) is 11. The molecule has 0 aliphatic carbocycles. The molecule has 0 unspecified atom stereocenters. The van der Waals surface area contributed by atoms with Crippen LogP contribution in [0.3, 0.4) is 0 Å². The molecule has 0 saturated heterocycles. The zero-order chi connectivity index (χ0) is 54.3. The van der Waals surface area contributed by atoms with Gasteiger partial charge in [0.1, 0.15) is 24.2 Å². The van der Waals surface area contributed by atoms with E-state index in [1.54, 1.807) is 0 Å². The highest BCUT2D eigenvalue weighted by molar-refractivity contribution is 5.90. The van der Waals surface area contributed by atoms with Crippen LogP contribution in [0.4, 0.5) is 4.79 Å². The first-order valence-corrected chi connectivity index (χ1v) is 24.1. The highest BCUT2D eigenvalue weighted by atomic mass is 16.5. The molecule has 0 aliphatic rings. The number of unbranched alkanes of at least 4 members (excludes halogenated alkanes) is 1. The maximum atomic E-state index is 13.6. The Bertz CT molecular complexity index is 2350. The Kier molecular flexibility index (Phi) is 27.7. The van der Waals surface area contributed by atoms with Gasteiger partial charge in [-0.05, 0) is 66.1 Å². The SMILES string of the molecule is CC(=O)NCCOCCOCCOCCC(=O)N[C@@H](Cc1ccc(C(=O)O)cc1)C(=O)NCCCC(=O)N[C@@H](Cc1ccc2ccccc2c1)C(=O)NCCCC[C@H](NC(=O)N[C@@H](CCC(=O)O)C(=O)O)C(=O)O. The molecular weight excluding hydrogens is 971 g/mol. The summed E-state index contributed by atoms with van der Waals surface area (Å²) in [4.78, 5) is 122. The number of rotatable bonds is 37. The maximum Gasteiger partial charge on any atom is 0.335 e. The second-order valence-corrected chi connectivity index (χ2v) is 16.9. The number of amides is 7. The Morgan fingerprint density at radius 2 is 1.01 bits per heavy atom.